The van der Waals surface area contributed by atoms with Gasteiger partial charge in [0.1, 0.15) is 0 Å². The average molecular weight is 428 g/mol. The van der Waals surface area contributed by atoms with E-state index in [-0.39, 0.29) is 5.91 Å². The molecule has 1 saturated heterocycles. The van der Waals surface area contributed by atoms with Gasteiger partial charge in [0, 0.05) is 37.2 Å². The van der Waals surface area contributed by atoms with Crippen LogP contribution in [0.1, 0.15) is 59.2 Å². The lowest BCUT2D eigenvalue weighted by molar-refractivity contribution is 0.0713. The number of dihydropyridines is 1. The number of amides is 1. The molecule has 1 fully saturated rings. The Morgan fingerprint density at radius 2 is 1.94 bits per heavy atom. The Morgan fingerprint density at radius 1 is 1.19 bits per heavy atom. The van der Waals surface area contributed by atoms with Gasteiger partial charge in [-0.1, -0.05) is 30.3 Å². The van der Waals surface area contributed by atoms with E-state index in [0.717, 1.165) is 54.9 Å². The summed E-state index contributed by atoms with van der Waals surface area (Å²) in [5, 5.41) is 12.5. The summed E-state index contributed by atoms with van der Waals surface area (Å²) in [6, 6.07) is 17.9. The van der Waals surface area contributed by atoms with Crippen molar-refractivity contribution in [3.05, 3.63) is 88.1 Å². The van der Waals surface area contributed by atoms with Crippen molar-refractivity contribution in [1.29, 1.82) is 5.26 Å². The van der Waals surface area contributed by atoms with Gasteiger partial charge in [0.25, 0.3) is 5.91 Å². The van der Waals surface area contributed by atoms with E-state index in [1.165, 1.54) is 11.1 Å². The first-order valence-corrected chi connectivity index (χ1v) is 11.1. The highest BCUT2D eigenvalue weighted by Gasteiger charge is 2.25. The molecule has 164 valence electrons. The maximum absolute atomic E-state index is 13.2. The van der Waals surface area contributed by atoms with E-state index in [4.69, 9.17) is 10.00 Å². The molecule has 0 radical (unpaired) electrons. The number of benzene rings is 2. The third-order valence-corrected chi connectivity index (χ3v) is 6.36. The number of likely N-dealkylation sites (tertiary alicyclic amines) is 1. The van der Waals surface area contributed by atoms with Crippen molar-refractivity contribution in [1.82, 2.24) is 10.2 Å². The number of carbonyl (C=O) groups is 1. The minimum absolute atomic E-state index is 0.0897. The van der Waals surface area contributed by atoms with E-state index < -0.39 is 0 Å². The van der Waals surface area contributed by atoms with Gasteiger partial charge in [-0.2, -0.15) is 5.26 Å². The first kappa shape index (κ1) is 21.9. The monoisotopic (exact) mass is 427 g/mol. The van der Waals surface area contributed by atoms with Crippen molar-refractivity contribution >= 4 is 11.6 Å². The second-order valence-corrected chi connectivity index (χ2v) is 8.53. The van der Waals surface area contributed by atoms with Gasteiger partial charge < -0.3 is 15.0 Å². The third kappa shape index (κ3) is 4.76. The van der Waals surface area contributed by atoms with Crippen LogP contribution >= 0.6 is 0 Å². The lowest BCUT2D eigenvalue weighted by Gasteiger charge is -2.32. The van der Waals surface area contributed by atoms with Crippen molar-refractivity contribution in [2.75, 3.05) is 26.8 Å². The number of rotatable bonds is 5. The molecule has 2 aliphatic heterocycles. The number of nitriles is 1. The van der Waals surface area contributed by atoms with Gasteiger partial charge in [0.05, 0.1) is 18.2 Å². The molecule has 0 aromatic heterocycles. The number of ether oxygens (including phenoxy) is 1. The minimum Gasteiger partial charge on any atom is -0.378 e. The summed E-state index contributed by atoms with van der Waals surface area (Å²) in [7, 11) is 1.69. The van der Waals surface area contributed by atoms with Crippen LogP contribution in [0.2, 0.25) is 0 Å². The summed E-state index contributed by atoms with van der Waals surface area (Å²) in [5.74, 6) is 0.523. The van der Waals surface area contributed by atoms with Gasteiger partial charge >= 0.3 is 0 Å². The maximum atomic E-state index is 13.2. The van der Waals surface area contributed by atoms with Gasteiger partial charge in [0.15, 0.2) is 0 Å². The Hall–Kier alpha value is -3.36. The zero-order valence-electron chi connectivity index (χ0n) is 18.7. The first-order chi connectivity index (χ1) is 15.6. The molecule has 0 saturated carbocycles. The summed E-state index contributed by atoms with van der Waals surface area (Å²) in [6.45, 7) is 4.15. The van der Waals surface area contributed by atoms with Crippen LogP contribution in [0.4, 0.5) is 0 Å². The Balaban J connectivity index is 1.43. The molecule has 0 atom stereocenters. The van der Waals surface area contributed by atoms with Crippen molar-refractivity contribution in [3.63, 3.8) is 0 Å². The number of allylic oxidation sites excluding steroid dienone is 2. The second kappa shape index (κ2) is 9.84. The van der Waals surface area contributed by atoms with Crippen molar-refractivity contribution < 1.29 is 9.53 Å². The molecule has 0 bridgehead atoms. The van der Waals surface area contributed by atoms with Gasteiger partial charge in [-0.05, 0) is 73.1 Å². The largest absolute Gasteiger partial charge is 0.378 e. The first-order valence-electron chi connectivity index (χ1n) is 11.1. The van der Waals surface area contributed by atoms with Crippen LogP contribution in [-0.4, -0.2) is 37.6 Å². The van der Waals surface area contributed by atoms with Crippen molar-refractivity contribution in [2.45, 2.75) is 32.1 Å². The zero-order valence-corrected chi connectivity index (χ0v) is 18.7. The molecule has 2 aromatic rings. The van der Waals surface area contributed by atoms with E-state index in [2.05, 4.69) is 30.5 Å². The Morgan fingerprint density at radius 3 is 2.62 bits per heavy atom. The number of carbonyl (C=O) groups excluding carboxylic acids is 1. The molecule has 2 aromatic carbocycles. The van der Waals surface area contributed by atoms with Crippen LogP contribution < -0.4 is 5.32 Å². The minimum atomic E-state index is 0.0897. The molecule has 5 nitrogen and oxygen atoms in total. The number of hydrogen-bond acceptors (Lipinski definition) is 4. The molecule has 4 rings (SSSR count). The molecule has 0 unspecified atom stereocenters. The molecule has 0 spiro atoms. The van der Waals surface area contributed by atoms with Gasteiger partial charge in [-0.15, -0.1) is 0 Å². The highest BCUT2D eigenvalue weighted by atomic mass is 16.5. The van der Waals surface area contributed by atoms with Crippen LogP contribution in [0.3, 0.4) is 0 Å². The summed E-state index contributed by atoms with van der Waals surface area (Å²) in [4.78, 5) is 15.2. The van der Waals surface area contributed by atoms with E-state index in [1.54, 1.807) is 7.11 Å². The number of methoxy groups -OCH3 is 1. The Labute approximate surface area is 190 Å². The van der Waals surface area contributed by atoms with E-state index in [9.17, 15) is 4.79 Å². The Bertz CT molecular complexity index is 1080. The van der Waals surface area contributed by atoms with Crippen molar-refractivity contribution in [2.24, 2.45) is 0 Å². The van der Waals surface area contributed by atoms with Gasteiger partial charge in [-0.3, -0.25) is 4.79 Å². The Kier molecular flexibility index (Phi) is 6.72. The molecule has 2 aliphatic rings. The summed E-state index contributed by atoms with van der Waals surface area (Å²) >= 11 is 0. The predicted octanol–water partition coefficient (Wildman–Crippen LogP) is 4.83. The normalized spacial score (nSPS) is 16.9. The second-order valence-electron chi connectivity index (χ2n) is 8.53. The number of nitrogens with one attached hydrogen (secondary N) is 1. The molecule has 32 heavy (non-hydrogen) atoms. The number of piperidine rings is 1. The van der Waals surface area contributed by atoms with Gasteiger partial charge in [0.2, 0.25) is 0 Å². The molecule has 2 heterocycles. The summed E-state index contributed by atoms with van der Waals surface area (Å²) in [6.07, 6.45) is 4.90. The molecule has 0 aliphatic carbocycles. The molecule has 1 N–H and O–H groups in total. The fraction of sp³-hybridized carbons (Fsp3) is 0.333. The van der Waals surface area contributed by atoms with Crippen LogP contribution in [0.5, 0.6) is 0 Å². The predicted molar refractivity (Wildman–Crippen MR) is 126 cm³/mol. The van der Waals surface area contributed by atoms with Crippen molar-refractivity contribution in [3.8, 4) is 6.07 Å². The average Bonchev–Trinajstić information content (AvgIpc) is 2.85. The SMILES string of the molecule is COCC1=CCC(C)=C(c2cccc(C(=O)N3CCC(c4ccc(C#N)cc4)CC3)c2)N1. The van der Waals surface area contributed by atoms with Gasteiger partial charge in [-0.25, -0.2) is 0 Å². The highest BCUT2D eigenvalue weighted by molar-refractivity contribution is 5.95. The topological polar surface area (TPSA) is 65.4 Å². The lowest BCUT2D eigenvalue weighted by atomic mass is 9.89. The summed E-state index contributed by atoms with van der Waals surface area (Å²) in [5.41, 5.74) is 7.06. The van der Waals surface area contributed by atoms with Crippen LogP contribution in [0, 0.1) is 11.3 Å². The fourth-order valence-electron chi connectivity index (χ4n) is 4.50. The number of nitrogens with zero attached hydrogens (tertiary/aromatic N) is 2. The zero-order chi connectivity index (χ0) is 22.5. The van der Waals surface area contributed by atoms with Crippen LogP contribution in [-0.2, 0) is 4.74 Å². The molecular formula is C27H29N3O2. The highest BCUT2D eigenvalue weighted by Crippen LogP contribution is 2.30. The lowest BCUT2D eigenvalue weighted by Crippen LogP contribution is -2.38. The van der Waals surface area contributed by atoms with E-state index in [1.807, 2.05) is 47.4 Å². The smallest absolute Gasteiger partial charge is 0.253 e. The quantitative estimate of drug-likeness (QED) is 0.742. The summed E-state index contributed by atoms with van der Waals surface area (Å²) < 4.78 is 5.27. The fourth-order valence-corrected chi connectivity index (χ4v) is 4.50. The van der Waals surface area contributed by atoms with Crippen LogP contribution in [0.15, 0.2) is 65.9 Å². The van der Waals surface area contributed by atoms with E-state index in [0.29, 0.717) is 18.1 Å². The molecule has 5 heteroatoms. The maximum Gasteiger partial charge on any atom is 0.253 e. The molecular weight excluding hydrogens is 398 g/mol. The third-order valence-electron chi connectivity index (χ3n) is 6.36. The van der Waals surface area contributed by atoms with Crippen LogP contribution in [0.25, 0.3) is 5.70 Å². The standard InChI is InChI=1S/C27H29N3O2/c1-19-6-11-25(18-32-2)29-26(19)23-4-3-5-24(16-23)27(31)30-14-12-22(13-15-30)21-9-7-20(17-28)8-10-21/h3-5,7-11,16,22,29H,6,12-15,18H2,1-2H3. The van der Waals surface area contributed by atoms with E-state index >= 15 is 0 Å². The molecule has 1 amide bonds. The number of hydrogen-bond donors (Lipinski definition) is 1.